The summed E-state index contributed by atoms with van der Waals surface area (Å²) in [5.74, 6) is -0.431. The van der Waals surface area contributed by atoms with E-state index in [4.69, 9.17) is 0 Å². The van der Waals surface area contributed by atoms with Gasteiger partial charge in [0.1, 0.15) is 0 Å². The predicted octanol–water partition coefficient (Wildman–Crippen LogP) is -0.511. The zero-order valence-corrected chi connectivity index (χ0v) is 7.98. The Labute approximate surface area is 72.1 Å². The molecule has 0 radical (unpaired) electrons. The van der Waals surface area contributed by atoms with Crippen LogP contribution < -0.4 is 4.72 Å². The van der Waals surface area contributed by atoms with Crippen molar-refractivity contribution < 1.29 is 17.9 Å². The van der Waals surface area contributed by atoms with E-state index >= 15 is 0 Å². The molecule has 0 bridgehead atoms. The zero-order valence-electron chi connectivity index (χ0n) is 7.16. The normalized spacial score (nSPS) is 11.2. The predicted molar refractivity (Wildman–Crippen MR) is 44.1 cm³/mol. The Bertz CT molecular complexity index is 234. The minimum Gasteiger partial charge on any atom is -0.469 e. The van der Waals surface area contributed by atoms with Crippen molar-refractivity contribution in [3.8, 4) is 0 Å². The fraction of sp³-hybridized carbons (Fsp3) is 0.833. The molecule has 0 aromatic heterocycles. The SMILES string of the molecule is CNS(=O)(=O)CCCC(=O)OC. The molecule has 0 saturated heterocycles. The monoisotopic (exact) mass is 195 g/mol. The summed E-state index contributed by atoms with van der Waals surface area (Å²) in [4.78, 5) is 10.5. The van der Waals surface area contributed by atoms with Crippen LogP contribution in [0.1, 0.15) is 12.8 Å². The summed E-state index contributed by atoms with van der Waals surface area (Å²) in [6, 6.07) is 0. The average Bonchev–Trinajstić information content (AvgIpc) is 2.04. The highest BCUT2D eigenvalue weighted by atomic mass is 32.2. The van der Waals surface area contributed by atoms with Crippen molar-refractivity contribution in [3.05, 3.63) is 0 Å². The number of rotatable bonds is 5. The summed E-state index contributed by atoms with van der Waals surface area (Å²) in [6.45, 7) is 0. The van der Waals surface area contributed by atoms with Crippen molar-refractivity contribution in [2.24, 2.45) is 0 Å². The third-order valence-electron chi connectivity index (χ3n) is 1.33. The fourth-order valence-corrected chi connectivity index (χ4v) is 1.34. The number of methoxy groups -OCH3 is 1. The lowest BCUT2D eigenvalue weighted by molar-refractivity contribution is -0.140. The van der Waals surface area contributed by atoms with Gasteiger partial charge in [-0.1, -0.05) is 0 Å². The van der Waals surface area contributed by atoms with Crippen molar-refractivity contribution in [2.75, 3.05) is 19.9 Å². The first kappa shape index (κ1) is 11.4. The van der Waals surface area contributed by atoms with Crippen LogP contribution in [0.2, 0.25) is 0 Å². The average molecular weight is 195 g/mol. The van der Waals surface area contributed by atoms with E-state index in [2.05, 4.69) is 9.46 Å². The Balaban J connectivity index is 3.64. The Hall–Kier alpha value is -0.620. The van der Waals surface area contributed by atoms with Crippen molar-refractivity contribution in [1.82, 2.24) is 4.72 Å². The van der Waals surface area contributed by atoms with Crippen LogP contribution in [-0.2, 0) is 19.6 Å². The van der Waals surface area contributed by atoms with Crippen LogP contribution in [-0.4, -0.2) is 34.3 Å². The van der Waals surface area contributed by atoms with Crippen molar-refractivity contribution in [1.29, 1.82) is 0 Å². The molecule has 1 N–H and O–H groups in total. The lowest BCUT2D eigenvalue weighted by Gasteiger charge is -2.00. The quantitative estimate of drug-likeness (QED) is 0.600. The molecular weight excluding hydrogens is 182 g/mol. The minimum absolute atomic E-state index is 0.0431. The van der Waals surface area contributed by atoms with Crippen LogP contribution in [0.15, 0.2) is 0 Å². The first-order chi connectivity index (χ1) is 5.52. The molecular formula is C6H13NO4S. The Morgan fingerprint density at radius 1 is 1.50 bits per heavy atom. The molecule has 0 aromatic carbocycles. The van der Waals surface area contributed by atoms with Gasteiger partial charge >= 0.3 is 5.97 Å². The molecule has 5 nitrogen and oxygen atoms in total. The van der Waals surface area contributed by atoms with Gasteiger partial charge in [0.2, 0.25) is 10.0 Å². The van der Waals surface area contributed by atoms with E-state index in [-0.39, 0.29) is 24.6 Å². The Morgan fingerprint density at radius 3 is 2.50 bits per heavy atom. The molecule has 0 aliphatic carbocycles. The Kier molecular flexibility index (Phi) is 4.84. The lowest BCUT2D eigenvalue weighted by Crippen LogP contribution is -2.22. The van der Waals surface area contributed by atoms with Gasteiger partial charge in [-0.05, 0) is 13.5 Å². The summed E-state index contributed by atoms with van der Waals surface area (Å²) in [7, 11) is -0.568. The van der Waals surface area contributed by atoms with Crippen molar-refractivity contribution in [3.63, 3.8) is 0 Å². The number of carbonyl (C=O) groups excluding carboxylic acids is 1. The number of carbonyl (C=O) groups is 1. The van der Waals surface area contributed by atoms with Crippen LogP contribution in [0.25, 0.3) is 0 Å². The van der Waals surface area contributed by atoms with Crippen LogP contribution in [0.4, 0.5) is 0 Å². The van der Waals surface area contributed by atoms with Gasteiger partial charge in [-0.2, -0.15) is 0 Å². The van der Waals surface area contributed by atoms with E-state index < -0.39 is 10.0 Å². The third kappa shape index (κ3) is 5.09. The summed E-state index contributed by atoms with van der Waals surface area (Å²) in [5.41, 5.74) is 0. The number of esters is 1. The van der Waals surface area contributed by atoms with E-state index in [0.29, 0.717) is 0 Å². The highest BCUT2D eigenvalue weighted by Crippen LogP contribution is 1.95. The molecule has 72 valence electrons. The summed E-state index contributed by atoms with van der Waals surface area (Å²) in [6.07, 6.45) is 0.424. The summed E-state index contributed by atoms with van der Waals surface area (Å²) >= 11 is 0. The van der Waals surface area contributed by atoms with Crippen LogP contribution in [0.5, 0.6) is 0 Å². The molecule has 0 atom stereocenters. The Morgan fingerprint density at radius 2 is 2.08 bits per heavy atom. The van der Waals surface area contributed by atoms with Crippen LogP contribution >= 0.6 is 0 Å². The maximum Gasteiger partial charge on any atom is 0.305 e. The molecule has 12 heavy (non-hydrogen) atoms. The largest absolute Gasteiger partial charge is 0.469 e. The standard InChI is InChI=1S/C6H13NO4S/c1-7-12(9,10)5-3-4-6(8)11-2/h7H,3-5H2,1-2H3. The molecule has 6 heteroatoms. The molecule has 0 aliphatic heterocycles. The molecule has 0 saturated carbocycles. The van der Waals surface area contributed by atoms with Crippen molar-refractivity contribution >= 4 is 16.0 Å². The van der Waals surface area contributed by atoms with E-state index in [1.54, 1.807) is 0 Å². The summed E-state index contributed by atoms with van der Waals surface area (Å²) < 4.78 is 28.1. The van der Waals surface area contributed by atoms with E-state index in [0.717, 1.165) is 0 Å². The van der Waals surface area contributed by atoms with Gasteiger partial charge in [-0.3, -0.25) is 4.79 Å². The number of nitrogens with one attached hydrogen (secondary N) is 1. The molecule has 0 spiro atoms. The van der Waals surface area contributed by atoms with Gasteiger partial charge < -0.3 is 4.74 Å². The van der Waals surface area contributed by atoms with Gasteiger partial charge in [0.05, 0.1) is 12.9 Å². The van der Waals surface area contributed by atoms with Crippen LogP contribution in [0, 0.1) is 0 Å². The smallest absolute Gasteiger partial charge is 0.305 e. The maximum absolute atomic E-state index is 10.8. The number of hydrogen-bond acceptors (Lipinski definition) is 4. The second kappa shape index (κ2) is 5.10. The molecule has 0 amide bonds. The number of hydrogen-bond donors (Lipinski definition) is 1. The van der Waals surface area contributed by atoms with Crippen molar-refractivity contribution in [2.45, 2.75) is 12.8 Å². The van der Waals surface area contributed by atoms with E-state index in [1.165, 1.54) is 14.2 Å². The van der Waals surface area contributed by atoms with E-state index in [9.17, 15) is 13.2 Å². The van der Waals surface area contributed by atoms with Gasteiger partial charge in [0, 0.05) is 6.42 Å². The maximum atomic E-state index is 10.8. The van der Waals surface area contributed by atoms with Gasteiger partial charge in [0.25, 0.3) is 0 Å². The second-order valence-electron chi connectivity index (χ2n) is 2.20. The molecule has 0 heterocycles. The number of ether oxygens (including phenoxy) is 1. The summed E-state index contributed by atoms with van der Waals surface area (Å²) in [5, 5.41) is 0. The lowest BCUT2D eigenvalue weighted by atomic mass is 10.3. The minimum atomic E-state index is -3.18. The molecule has 0 aromatic rings. The molecule has 0 rings (SSSR count). The van der Waals surface area contributed by atoms with E-state index in [1.807, 2.05) is 0 Å². The zero-order chi connectivity index (χ0) is 9.61. The molecule has 0 fully saturated rings. The first-order valence-electron chi connectivity index (χ1n) is 3.50. The fourth-order valence-electron chi connectivity index (χ4n) is 0.611. The van der Waals surface area contributed by atoms with Gasteiger partial charge in [0.15, 0.2) is 0 Å². The highest BCUT2D eigenvalue weighted by Gasteiger charge is 2.08. The first-order valence-corrected chi connectivity index (χ1v) is 5.15. The van der Waals surface area contributed by atoms with Gasteiger partial charge in [-0.25, -0.2) is 13.1 Å². The molecule has 0 unspecified atom stereocenters. The number of sulfonamides is 1. The topological polar surface area (TPSA) is 72.5 Å². The molecule has 0 aliphatic rings. The highest BCUT2D eigenvalue weighted by molar-refractivity contribution is 7.89. The van der Waals surface area contributed by atoms with Crippen LogP contribution in [0.3, 0.4) is 0 Å². The second-order valence-corrected chi connectivity index (χ2v) is 4.25. The third-order valence-corrected chi connectivity index (χ3v) is 2.78. The van der Waals surface area contributed by atoms with Gasteiger partial charge in [-0.15, -0.1) is 0 Å².